The number of nitrogens with zero attached hydrogens (tertiary/aromatic N) is 1. The molecule has 3 fully saturated rings. The first kappa shape index (κ1) is 13.9. The number of likely N-dealkylation sites (tertiary alicyclic amines) is 1. The number of benzene rings is 1. The van der Waals surface area contributed by atoms with Gasteiger partial charge >= 0.3 is 0 Å². The Morgan fingerprint density at radius 3 is 3.00 bits per heavy atom. The molecular weight excluding hydrogens is 298 g/mol. The molecule has 3 aliphatic carbocycles. The average Bonchev–Trinajstić information content (AvgIpc) is 3.31. The maximum atomic E-state index is 12.1. The maximum Gasteiger partial charge on any atom is 0.132 e. The lowest BCUT2D eigenvalue weighted by atomic mass is 9.48. The highest BCUT2D eigenvalue weighted by Crippen LogP contribution is 2.64. The van der Waals surface area contributed by atoms with Gasteiger partial charge in [0, 0.05) is 18.2 Å². The van der Waals surface area contributed by atoms with Gasteiger partial charge in [0.15, 0.2) is 0 Å². The van der Waals surface area contributed by atoms with Crippen LogP contribution in [0.25, 0.3) is 0 Å². The zero-order valence-electron chi connectivity index (χ0n) is 14.1. The van der Waals surface area contributed by atoms with Crippen LogP contribution >= 0.6 is 0 Å². The summed E-state index contributed by atoms with van der Waals surface area (Å²) >= 11 is 0. The first-order valence-corrected chi connectivity index (χ1v) is 9.56. The van der Waals surface area contributed by atoms with Gasteiger partial charge in [-0.05, 0) is 68.2 Å². The highest BCUT2D eigenvalue weighted by atomic mass is 16.5. The number of ether oxygens (including phenoxy) is 1. The van der Waals surface area contributed by atoms with Crippen molar-refractivity contribution in [3.63, 3.8) is 0 Å². The maximum absolute atomic E-state index is 12.1. The molecule has 1 N–H and O–H groups in total. The fourth-order valence-corrected chi connectivity index (χ4v) is 6.36. The van der Waals surface area contributed by atoms with Gasteiger partial charge in [-0.2, -0.15) is 0 Å². The van der Waals surface area contributed by atoms with Gasteiger partial charge in [-0.1, -0.05) is 18.7 Å². The summed E-state index contributed by atoms with van der Waals surface area (Å²) in [5.74, 6) is 1.87. The van der Waals surface area contributed by atoms with Gasteiger partial charge in [-0.3, -0.25) is 4.90 Å². The first-order chi connectivity index (χ1) is 11.6. The second kappa shape index (κ2) is 4.25. The molecule has 1 aromatic carbocycles. The van der Waals surface area contributed by atoms with E-state index < -0.39 is 5.60 Å². The van der Waals surface area contributed by atoms with Gasteiger partial charge in [-0.15, -0.1) is 0 Å². The van der Waals surface area contributed by atoms with Crippen LogP contribution in [-0.2, 0) is 11.8 Å². The molecular formula is C21H25NO2. The van der Waals surface area contributed by atoms with Crippen molar-refractivity contribution < 1.29 is 9.84 Å². The molecule has 3 heteroatoms. The van der Waals surface area contributed by atoms with Gasteiger partial charge in [0.1, 0.15) is 11.9 Å². The lowest BCUT2D eigenvalue weighted by Crippen LogP contribution is -2.75. The summed E-state index contributed by atoms with van der Waals surface area (Å²) in [6.07, 6.45) is 6.41. The quantitative estimate of drug-likeness (QED) is 0.850. The van der Waals surface area contributed by atoms with Crippen molar-refractivity contribution in [2.75, 3.05) is 13.1 Å². The van der Waals surface area contributed by atoms with E-state index in [1.54, 1.807) is 0 Å². The summed E-state index contributed by atoms with van der Waals surface area (Å²) < 4.78 is 6.41. The van der Waals surface area contributed by atoms with E-state index in [9.17, 15) is 5.11 Å². The van der Waals surface area contributed by atoms with Crippen LogP contribution < -0.4 is 4.74 Å². The van der Waals surface area contributed by atoms with Crippen molar-refractivity contribution in [3.8, 4) is 5.75 Å². The van der Waals surface area contributed by atoms with E-state index in [2.05, 4.69) is 29.7 Å². The number of hydrogen-bond acceptors (Lipinski definition) is 3. The normalized spacial score (nSPS) is 42.6. The van der Waals surface area contributed by atoms with Gasteiger partial charge in [0.05, 0.1) is 11.0 Å². The number of rotatable bonds is 2. The molecule has 1 aromatic rings. The molecule has 2 saturated carbocycles. The minimum absolute atomic E-state index is 0.0294. The van der Waals surface area contributed by atoms with Crippen LogP contribution in [0, 0.1) is 5.92 Å². The van der Waals surface area contributed by atoms with E-state index in [1.807, 2.05) is 0 Å². The average molecular weight is 323 g/mol. The highest BCUT2D eigenvalue weighted by Gasteiger charge is 2.71. The van der Waals surface area contributed by atoms with Crippen molar-refractivity contribution in [1.82, 2.24) is 4.90 Å². The standard InChI is InChI=1S/C21H25NO2/c1-13-7-8-21(23)17-11-15-3-2-4-16-18(15)20(21,19(13)24-16)9-10-22(17)12-14-5-6-14/h2-4,14,17,19,23H,1,5-12H2/t17?,19-,20-,21+/m0/s1. The third-order valence-electron chi connectivity index (χ3n) is 7.61. The molecule has 5 aliphatic rings. The molecule has 2 heterocycles. The molecule has 0 radical (unpaired) electrons. The number of piperidine rings is 1. The molecule has 24 heavy (non-hydrogen) atoms. The minimum atomic E-state index is -0.661. The lowest BCUT2D eigenvalue weighted by Gasteiger charge is -2.63. The predicted molar refractivity (Wildman–Crippen MR) is 92.3 cm³/mol. The lowest BCUT2D eigenvalue weighted by molar-refractivity contribution is -0.174. The Morgan fingerprint density at radius 2 is 2.17 bits per heavy atom. The second-order valence-corrected chi connectivity index (χ2v) is 8.75. The number of hydrogen-bond donors (Lipinski definition) is 1. The van der Waals surface area contributed by atoms with Crippen LogP contribution in [-0.4, -0.2) is 40.8 Å². The molecule has 2 aliphatic heterocycles. The monoisotopic (exact) mass is 323 g/mol. The predicted octanol–water partition coefficient (Wildman–Crippen LogP) is 2.81. The van der Waals surface area contributed by atoms with E-state index in [1.165, 1.54) is 36.1 Å². The Kier molecular flexibility index (Phi) is 2.47. The van der Waals surface area contributed by atoms with Gasteiger partial charge in [-0.25, -0.2) is 0 Å². The molecule has 3 nitrogen and oxygen atoms in total. The van der Waals surface area contributed by atoms with Crippen molar-refractivity contribution in [1.29, 1.82) is 0 Å². The van der Waals surface area contributed by atoms with Gasteiger partial charge < -0.3 is 9.84 Å². The van der Waals surface area contributed by atoms with Crippen LogP contribution in [0.5, 0.6) is 5.75 Å². The van der Waals surface area contributed by atoms with E-state index in [0.717, 1.165) is 43.9 Å². The smallest absolute Gasteiger partial charge is 0.132 e. The van der Waals surface area contributed by atoms with Crippen molar-refractivity contribution in [2.45, 2.75) is 61.7 Å². The van der Waals surface area contributed by atoms with Crippen LogP contribution in [0.15, 0.2) is 30.4 Å². The Morgan fingerprint density at radius 1 is 1.29 bits per heavy atom. The summed E-state index contributed by atoms with van der Waals surface area (Å²) in [5, 5.41) is 12.1. The molecule has 0 aromatic heterocycles. The zero-order chi connectivity index (χ0) is 16.1. The van der Waals surface area contributed by atoms with Crippen LogP contribution in [0.3, 0.4) is 0 Å². The van der Waals surface area contributed by atoms with Crippen LogP contribution in [0.4, 0.5) is 0 Å². The Balaban J connectivity index is 1.56. The largest absolute Gasteiger partial charge is 0.485 e. The molecule has 4 atom stereocenters. The van der Waals surface area contributed by atoms with E-state index >= 15 is 0 Å². The van der Waals surface area contributed by atoms with Crippen molar-refractivity contribution in [2.24, 2.45) is 5.92 Å². The summed E-state index contributed by atoms with van der Waals surface area (Å²) in [4.78, 5) is 2.61. The Labute approximate surface area is 143 Å². The van der Waals surface area contributed by atoms with Crippen LogP contribution in [0.2, 0.25) is 0 Å². The third-order valence-corrected chi connectivity index (χ3v) is 7.61. The first-order valence-electron chi connectivity index (χ1n) is 9.56. The Bertz CT molecular complexity index is 754. The molecule has 1 saturated heterocycles. The molecule has 2 bridgehead atoms. The van der Waals surface area contributed by atoms with Gasteiger partial charge in [0.2, 0.25) is 0 Å². The second-order valence-electron chi connectivity index (χ2n) is 8.75. The SMILES string of the molecule is C=C1CC[C@@]2(O)C3Cc4cccc5c4[C@@]2(CCN3CC2CC2)[C@H]1O5. The zero-order valence-corrected chi connectivity index (χ0v) is 14.1. The summed E-state index contributed by atoms with van der Waals surface area (Å²) in [5.41, 5.74) is 2.99. The van der Waals surface area contributed by atoms with Gasteiger partial charge in [0.25, 0.3) is 0 Å². The fourth-order valence-electron chi connectivity index (χ4n) is 6.36. The van der Waals surface area contributed by atoms with Crippen LogP contribution in [0.1, 0.15) is 43.2 Å². The third kappa shape index (κ3) is 1.44. The summed E-state index contributed by atoms with van der Waals surface area (Å²) in [6, 6.07) is 6.72. The molecule has 1 spiro atoms. The molecule has 1 unspecified atom stereocenters. The van der Waals surface area contributed by atoms with E-state index in [-0.39, 0.29) is 17.6 Å². The van der Waals surface area contributed by atoms with Crippen molar-refractivity contribution in [3.05, 3.63) is 41.5 Å². The minimum Gasteiger partial charge on any atom is -0.485 e. The summed E-state index contributed by atoms with van der Waals surface area (Å²) in [6.45, 7) is 6.59. The summed E-state index contributed by atoms with van der Waals surface area (Å²) in [7, 11) is 0. The van der Waals surface area contributed by atoms with Crippen molar-refractivity contribution >= 4 is 0 Å². The molecule has 0 amide bonds. The molecule has 6 rings (SSSR count). The van der Waals surface area contributed by atoms with E-state index in [0.29, 0.717) is 0 Å². The highest BCUT2D eigenvalue weighted by molar-refractivity contribution is 5.59. The van der Waals surface area contributed by atoms with E-state index in [4.69, 9.17) is 4.74 Å². The Hall–Kier alpha value is -1.32. The fraction of sp³-hybridized carbons (Fsp3) is 0.619. The topological polar surface area (TPSA) is 32.7 Å². The number of aliphatic hydroxyl groups is 1. The molecule has 126 valence electrons.